The number of hydrogen-bond acceptors (Lipinski definition) is 4. The highest BCUT2D eigenvalue weighted by Gasteiger charge is 2.16. The Balaban J connectivity index is 1.68. The Kier molecular flexibility index (Phi) is 4.14. The molecule has 5 nitrogen and oxygen atoms in total. The summed E-state index contributed by atoms with van der Waals surface area (Å²) < 4.78 is 14.6. The first-order valence-electron chi connectivity index (χ1n) is 7.10. The van der Waals surface area contributed by atoms with Gasteiger partial charge in [-0.25, -0.2) is 4.39 Å². The minimum atomic E-state index is -0.877. The second kappa shape index (κ2) is 6.10. The van der Waals surface area contributed by atoms with Gasteiger partial charge in [0.1, 0.15) is 10.6 Å². The molecule has 2 heterocycles. The predicted molar refractivity (Wildman–Crippen MR) is 87.0 cm³/mol. The molecule has 1 amide bonds. The van der Waals surface area contributed by atoms with Crippen molar-refractivity contribution in [3.05, 3.63) is 52.3 Å². The fourth-order valence-corrected chi connectivity index (χ4v) is 3.44. The largest absolute Gasteiger partial charge is 0.387 e. The maximum atomic E-state index is 12.9. The number of carbonyl (C=O) groups is 1. The van der Waals surface area contributed by atoms with Gasteiger partial charge in [-0.15, -0.1) is 11.3 Å². The molecule has 23 heavy (non-hydrogen) atoms. The van der Waals surface area contributed by atoms with Crippen LogP contribution in [0.25, 0.3) is 10.2 Å². The lowest BCUT2D eigenvalue weighted by Gasteiger charge is -2.11. The Morgan fingerprint density at radius 3 is 2.78 bits per heavy atom. The van der Waals surface area contributed by atoms with E-state index in [2.05, 4.69) is 10.4 Å². The van der Waals surface area contributed by atoms with E-state index in [-0.39, 0.29) is 18.3 Å². The molecule has 2 aromatic heterocycles. The molecule has 2 N–H and O–H groups in total. The van der Waals surface area contributed by atoms with Crippen LogP contribution in [0, 0.1) is 12.7 Å². The summed E-state index contributed by atoms with van der Waals surface area (Å²) in [4.78, 5) is 13.7. The molecule has 0 radical (unpaired) electrons. The summed E-state index contributed by atoms with van der Waals surface area (Å²) in [6.07, 6.45) is -0.877. The number of aromatic nitrogens is 2. The van der Waals surface area contributed by atoms with E-state index >= 15 is 0 Å². The van der Waals surface area contributed by atoms with Gasteiger partial charge in [-0.3, -0.25) is 9.48 Å². The smallest absolute Gasteiger partial charge is 0.261 e. The number of hydrogen-bond donors (Lipinski definition) is 2. The Labute approximate surface area is 136 Å². The van der Waals surface area contributed by atoms with Gasteiger partial charge in [0.15, 0.2) is 0 Å². The van der Waals surface area contributed by atoms with Crippen LogP contribution < -0.4 is 5.32 Å². The van der Waals surface area contributed by atoms with Gasteiger partial charge in [0, 0.05) is 19.0 Å². The van der Waals surface area contributed by atoms with Crippen molar-refractivity contribution in [2.24, 2.45) is 7.05 Å². The Morgan fingerprint density at radius 2 is 2.13 bits per heavy atom. The predicted octanol–water partition coefficient (Wildman–Crippen LogP) is 2.55. The minimum Gasteiger partial charge on any atom is -0.387 e. The SMILES string of the molecule is Cc1nn(C)c2sc(C(=O)NCC(O)c3ccc(F)cc3)cc12. The van der Waals surface area contributed by atoms with Crippen molar-refractivity contribution in [1.29, 1.82) is 0 Å². The van der Waals surface area contributed by atoms with Crippen molar-refractivity contribution in [2.75, 3.05) is 6.54 Å². The topological polar surface area (TPSA) is 67.2 Å². The van der Waals surface area contributed by atoms with Crippen LogP contribution in [-0.4, -0.2) is 27.3 Å². The molecule has 120 valence electrons. The Hall–Kier alpha value is -2.25. The van der Waals surface area contributed by atoms with Crippen molar-refractivity contribution in [3.8, 4) is 0 Å². The number of thiophene rings is 1. The highest BCUT2D eigenvalue weighted by atomic mass is 32.1. The van der Waals surface area contributed by atoms with Crippen molar-refractivity contribution in [1.82, 2.24) is 15.1 Å². The van der Waals surface area contributed by atoms with E-state index in [1.807, 2.05) is 20.0 Å². The van der Waals surface area contributed by atoms with E-state index in [4.69, 9.17) is 0 Å². The van der Waals surface area contributed by atoms with E-state index in [9.17, 15) is 14.3 Å². The van der Waals surface area contributed by atoms with Crippen molar-refractivity contribution in [3.63, 3.8) is 0 Å². The number of nitrogens with one attached hydrogen (secondary N) is 1. The molecule has 0 aliphatic carbocycles. The van der Waals surface area contributed by atoms with Crippen LogP contribution >= 0.6 is 11.3 Å². The number of aryl methyl sites for hydroxylation is 2. The number of rotatable bonds is 4. The van der Waals surface area contributed by atoms with Gasteiger partial charge in [0.25, 0.3) is 5.91 Å². The molecule has 1 atom stereocenters. The van der Waals surface area contributed by atoms with Crippen LogP contribution in [0.3, 0.4) is 0 Å². The van der Waals surface area contributed by atoms with Gasteiger partial charge in [-0.05, 0) is 30.7 Å². The Bertz CT molecular complexity index is 820. The summed E-state index contributed by atoms with van der Waals surface area (Å²) in [5, 5.41) is 18.0. The standard InChI is InChI=1S/C16H16FN3O2S/c1-9-12-7-14(23-16(12)20(2)19-9)15(22)18-8-13(21)10-3-5-11(17)6-4-10/h3-7,13,21H,8H2,1-2H3,(H,18,22). The molecule has 3 aromatic rings. The van der Waals surface area contributed by atoms with E-state index in [0.717, 1.165) is 15.9 Å². The second-order valence-corrected chi connectivity index (χ2v) is 6.35. The second-order valence-electron chi connectivity index (χ2n) is 5.32. The minimum absolute atomic E-state index is 0.0654. The molecular formula is C16H16FN3O2S. The van der Waals surface area contributed by atoms with E-state index in [0.29, 0.717) is 10.4 Å². The molecule has 1 unspecified atom stereocenters. The molecule has 0 saturated heterocycles. The zero-order valence-electron chi connectivity index (χ0n) is 12.7. The van der Waals surface area contributed by atoms with E-state index in [1.165, 1.54) is 35.6 Å². The molecule has 0 saturated carbocycles. The fraction of sp³-hybridized carbons (Fsp3) is 0.250. The summed E-state index contributed by atoms with van der Waals surface area (Å²) in [5.74, 6) is -0.606. The number of amides is 1. The maximum absolute atomic E-state index is 12.9. The lowest BCUT2D eigenvalue weighted by atomic mass is 10.1. The first-order valence-corrected chi connectivity index (χ1v) is 7.92. The average Bonchev–Trinajstić information content (AvgIpc) is 3.07. The average molecular weight is 333 g/mol. The van der Waals surface area contributed by atoms with Gasteiger partial charge < -0.3 is 10.4 Å². The molecule has 0 fully saturated rings. The van der Waals surface area contributed by atoms with Crippen LogP contribution in [0.4, 0.5) is 4.39 Å². The highest BCUT2D eigenvalue weighted by molar-refractivity contribution is 7.20. The monoisotopic (exact) mass is 333 g/mol. The van der Waals surface area contributed by atoms with Crippen molar-refractivity contribution >= 4 is 27.5 Å². The van der Waals surface area contributed by atoms with Crippen LogP contribution in [0.2, 0.25) is 0 Å². The van der Waals surface area contributed by atoms with E-state index < -0.39 is 6.10 Å². The number of halogens is 1. The molecule has 1 aromatic carbocycles. The van der Waals surface area contributed by atoms with Gasteiger partial charge in [0.2, 0.25) is 0 Å². The molecule has 0 aliphatic heterocycles. The maximum Gasteiger partial charge on any atom is 0.261 e. The number of aliphatic hydroxyl groups is 1. The summed E-state index contributed by atoms with van der Waals surface area (Å²) in [6, 6.07) is 7.37. The zero-order valence-corrected chi connectivity index (χ0v) is 13.5. The molecule has 0 spiro atoms. The van der Waals surface area contributed by atoms with Crippen molar-refractivity contribution < 1.29 is 14.3 Å². The van der Waals surface area contributed by atoms with Gasteiger partial charge in [0.05, 0.1) is 16.7 Å². The first kappa shape index (κ1) is 15.6. The number of nitrogens with zero attached hydrogens (tertiary/aromatic N) is 2. The highest BCUT2D eigenvalue weighted by Crippen LogP contribution is 2.27. The number of carbonyl (C=O) groups excluding carboxylic acids is 1. The molecule has 3 rings (SSSR count). The van der Waals surface area contributed by atoms with Crippen molar-refractivity contribution in [2.45, 2.75) is 13.0 Å². The third-order valence-corrected chi connectivity index (χ3v) is 4.83. The van der Waals surface area contributed by atoms with Crippen LogP contribution in [-0.2, 0) is 7.05 Å². The zero-order chi connectivity index (χ0) is 16.6. The summed E-state index contributed by atoms with van der Waals surface area (Å²) >= 11 is 1.36. The molecule has 0 aliphatic rings. The number of benzene rings is 1. The van der Waals surface area contributed by atoms with Gasteiger partial charge in [-0.2, -0.15) is 5.10 Å². The van der Waals surface area contributed by atoms with Gasteiger partial charge >= 0.3 is 0 Å². The summed E-state index contributed by atoms with van der Waals surface area (Å²) in [6.45, 7) is 1.96. The van der Waals surface area contributed by atoms with Gasteiger partial charge in [-0.1, -0.05) is 12.1 Å². The molecular weight excluding hydrogens is 317 g/mol. The lowest BCUT2D eigenvalue weighted by molar-refractivity contribution is 0.0920. The lowest BCUT2D eigenvalue weighted by Crippen LogP contribution is -2.27. The number of fused-ring (bicyclic) bond motifs is 1. The first-order chi connectivity index (χ1) is 11.0. The fourth-order valence-electron chi connectivity index (χ4n) is 2.40. The summed E-state index contributed by atoms with van der Waals surface area (Å²) in [7, 11) is 1.84. The van der Waals surface area contributed by atoms with E-state index in [1.54, 1.807) is 4.68 Å². The van der Waals surface area contributed by atoms with Crippen LogP contribution in [0.5, 0.6) is 0 Å². The number of aliphatic hydroxyl groups excluding tert-OH is 1. The van der Waals surface area contributed by atoms with Crippen LogP contribution in [0.15, 0.2) is 30.3 Å². The third-order valence-electron chi connectivity index (χ3n) is 3.63. The normalized spacial score (nSPS) is 12.5. The third kappa shape index (κ3) is 3.11. The molecule has 0 bridgehead atoms. The quantitative estimate of drug-likeness (QED) is 0.771. The molecule has 7 heteroatoms. The Morgan fingerprint density at radius 1 is 1.43 bits per heavy atom. The van der Waals surface area contributed by atoms with Crippen LogP contribution in [0.1, 0.15) is 27.0 Å². The summed E-state index contributed by atoms with van der Waals surface area (Å²) in [5.41, 5.74) is 1.44.